The van der Waals surface area contributed by atoms with Crippen LogP contribution in [-0.4, -0.2) is 50.8 Å². The summed E-state index contributed by atoms with van der Waals surface area (Å²) >= 11 is 0. The topological polar surface area (TPSA) is 72.6 Å². The highest BCUT2D eigenvalue weighted by Gasteiger charge is 2.28. The van der Waals surface area contributed by atoms with Gasteiger partial charge in [0.2, 0.25) is 10.0 Å². The van der Waals surface area contributed by atoms with Gasteiger partial charge in [-0.2, -0.15) is 0 Å². The molecular formula is C12H26N2O3S. The van der Waals surface area contributed by atoms with Gasteiger partial charge in [-0.3, -0.25) is 0 Å². The molecule has 0 aromatic heterocycles. The summed E-state index contributed by atoms with van der Waals surface area (Å²) in [5, 5.41) is 0. The molecule has 0 aromatic carbocycles. The SMILES string of the molecule is CCCN(CC)S(=O)(=O)CC(N)C1CCOCC1. The summed E-state index contributed by atoms with van der Waals surface area (Å²) in [4.78, 5) is 0. The van der Waals surface area contributed by atoms with Crippen LogP contribution in [0.2, 0.25) is 0 Å². The molecule has 108 valence electrons. The third kappa shape index (κ3) is 4.50. The van der Waals surface area contributed by atoms with E-state index in [1.165, 1.54) is 4.31 Å². The lowest BCUT2D eigenvalue weighted by molar-refractivity contribution is 0.0605. The summed E-state index contributed by atoms with van der Waals surface area (Å²) in [6.07, 6.45) is 2.58. The van der Waals surface area contributed by atoms with Crippen LogP contribution in [0, 0.1) is 5.92 Å². The third-order valence-electron chi connectivity index (χ3n) is 3.49. The minimum absolute atomic E-state index is 0.0610. The second-order valence-electron chi connectivity index (χ2n) is 4.88. The lowest BCUT2D eigenvalue weighted by atomic mass is 9.94. The van der Waals surface area contributed by atoms with E-state index in [9.17, 15) is 8.42 Å². The lowest BCUT2D eigenvalue weighted by Crippen LogP contribution is -2.44. The van der Waals surface area contributed by atoms with E-state index in [2.05, 4.69) is 0 Å². The van der Waals surface area contributed by atoms with E-state index in [1.54, 1.807) is 0 Å². The van der Waals surface area contributed by atoms with Crippen LogP contribution in [0.25, 0.3) is 0 Å². The van der Waals surface area contributed by atoms with Crippen molar-refractivity contribution in [2.75, 3.05) is 32.1 Å². The number of rotatable bonds is 7. The van der Waals surface area contributed by atoms with Gasteiger partial charge >= 0.3 is 0 Å². The van der Waals surface area contributed by atoms with Gasteiger partial charge in [0.25, 0.3) is 0 Å². The monoisotopic (exact) mass is 278 g/mol. The highest BCUT2D eigenvalue weighted by Crippen LogP contribution is 2.19. The van der Waals surface area contributed by atoms with Gasteiger partial charge in [0.05, 0.1) is 5.75 Å². The Labute approximate surface area is 111 Å². The summed E-state index contributed by atoms with van der Waals surface area (Å²) < 4.78 is 31.2. The normalized spacial score (nSPS) is 20.2. The Morgan fingerprint density at radius 2 is 1.94 bits per heavy atom. The summed E-state index contributed by atoms with van der Waals surface area (Å²) in [5.41, 5.74) is 6.06. The highest BCUT2D eigenvalue weighted by molar-refractivity contribution is 7.89. The molecule has 0 saturated carbocycles. The van der Waals surface area contributed by atoms with Crippen molar-refractivity contribution in [1.82, 2.24) is 4.31 Å². The van der Waals surface area contributed by atoms with Crippen LogP contribution in [0.15, 0.2) is 0 Å². The van der Waals surface area contributed by atoms with Crippen LogP contribution >= 0.6 is 0 Å². The largest absolute Gasteiger partial charge is 0.381 e. The van der Waals surface area contributed by atoms with Gasteiger partial charge in [-0.15, -0.1) is 0 Å². The van der Waals surface area contributed by atoms with Gasteiger partial charge < -0.3 is 10.5 Å². The second-order valence-corrected chi connectivity index (χ2v) is 6.90. The van der Waals surface area contributed by atoms with E-state index >= 15 is 0 Å². The first kappa shape index (κ1) is 15.9. The minimum atomic E-state index is -3.22. The smallest absolute Gasteiger partial charge is 0.215 e. The quantitative estimate of drug-likeness (QED) is 0.747. The van der Waals surface area contributed by atoms with Gasteiger partial charge in [0.1, 0.15) is 0 Å². The number of hydrogen-bond acceptors (Lipinski definition) is 4. The molecule has 18 heavy (non-hydrogen) atoms. The van der Waals surface area contributed by atoms with E-state index < -0.39 is 10.0 Å². The third-order valence-corrected chi connectivity index (χ3v) is 5.53. The molecule has 0 radical (unpaired) electrons. The molecule has 5 nitrogen and oxygen atoms in total. The molecule has 1 aliphatic rings. The Morgan fingerprint density at radius 3 is 2.44 bits per heavy atom. The molecule has 0 spiro atoms. The maximum Gasteiger partial charge on any atom is 0.215 e. The van der Waals surface area contributed by atoms with E-state index in [0.717, 1.165) is 19.3 Å². The van der Waals surface area contributed by atoms with Crippen molar-refractivity contribution in [2.24, 2.45) is 11.7 Å². The summed E-state index contributed by atoms with van der Waals surface area (Å²) in [6, 6.07) is -0.273. The first-order valence-corrected chi connectivity index (χ1v) is 8.43. The molecule has 1 saturated heterocycles. The predicted molar refractivity (Wildman–Crippen MR) is 72.8 cm³/mol. The molecule has 1 atom stereocenters. The fourth-order valence-electron chi connectivity index (χ4n) is 2.37. The summed E-state index contributed by atoms with van der Waals surface area (Å²) in [6.45, 7) is 6.36. The molecule has 0 aromatic rings. The zero-order valence-electron chi connectivity index (χ0n) is 11.5. The summed E-state index contributed by atoms with van der Waals surface area (Å²) in [7, 11) is -3.22. The van der Waals surface area contributed by atoms with Gasteiger partial charge in [-0.1, -0.05) is 13.8 Å². The Hall–Kier alpha value is -0.170. The average Bonchev–Trinajstić information content (AvgIpc) is 2.36. The van der Waals surface area contributed by atoms with Crippen molar-refractivity contribution in [3.05, 3.63) is 0 Å². The number of sulfonamides is 1. The van der Waals surface area contributed by atoms with Crippen LogP contribution in [0.5, 0.6) is 0 Å². The van der Waals surface area contributed by atoms with Crippen molar-refractivity contribution >= 4 is 10.0 Å². The lowest BCUT2D eigenvalue weighted by Gasteiger charge is -2.29. The highest BCUT2D eigenvalue weighted by atomic mass is 32.2. The maximum atomic E-state index is 12.2. The maximum absolute atomic E-state index is 12.2. The molecule has 0 amide bonds. The summed E-state index contributed by atoms with van der Waals surface area (Å²) in [5.74, 6) is 0.333. The van der Waals surface area contributed by atoms with Gasteiger partial charge in [0, 0.05) is 32.3 Å². The van der Waals surface area contributed by atoms with Crippen molar-refractivity contribution in [2.45, 2.75) is 39.2 Å². The van der Waals surface area contributed by atoms with Crippen molar-refractivity contribution in [3.63, 3.8) is 0 Å². The van der Waals surface area contributed by atoms with Gasteiger partial charge in [-0.25, -0.2) is 12.7 Å². The standard InChI is InChI=1S/C12H26N2O3S/c1-3-7-14(4-2)18(15,16)10-12(13)11-5-8-17-9-6-11/h11-12H,3-10,13H2,1-2H3. The Kier molecular flexibility index (Phi) is 6.55. The fourth-order valence-corrected chi connectivity index (χ4v) is 4.20. The van der Waals surface area contributed by atoms with Gasteiger partial charge in [-0.05, 0) is 25.2 Å². The second kappa shape index (κ2) is 7.43. The van der Waals surface area contributed by atoms with E-state index in [1.807, 2.05) is 13.8 Å². The molecule has 0 aliphatic carbocycles. The van der Waals surface area contributed by atoms with Gasteiger partial charge in [0.15, 0.2) is 0 Å². The number of ether oxygens (including phenoxy) is 1. The van der Waals surface area contributed by atoms with Crippen LogP contribution in [0.1, 0.15) is 33.1 Å². The Balaban J connectivity index is 2.57. The van der Waals surface area contributed by atoms with Crippen molar-refractivity contribution < 1.29 is 13.2 Å². The predicted octanol–water partition coefficient (Wildman–Crippen LogP) is 0.802. The van der Waals surface area contributed by atoms with E-state index in [-0.39, 0.29) is 17.7 Å². The molecule has 6 heteroatoms. The molecule has 0 bridgehead atoms. The van der Waals surface area contributed by atoms with Crippen molar-refractivity contribution in [3.8, 4) is 0 Å². The van der Waals surface area contributed by atoms with Crippen LogP contribution in [0.4, 0.5) is 0 Å². The number of nitrogens with two attached hydrogens (primary N) is 1. The number of nitrogens with zero attached hydrogens (tertiary/aromatic N) is 1. The molecule has 1 fully saturated rings. The first-order valence-electron chi connectivity index (χ1n) is 6.82. The molecule has 2 N–H and O–H groups in total. The molecule has 1 rings (SSSR count). The van der Waals surface area contributed by atoms with Crippen LogP contribution in [-0.2, 0) is 14.8 Å². The van der Waals surface area contributed by atoms with E-state index in [0.29, 0.717) is 26.3 Å². The van der Waals surface area contributed by atoms with Crippen LogP contribution in [0.3, 0.4) is 0 Å². The zero-order chi connectivity index (χ0) is 13.6. The Morgan fingerprint density at radius 1 is 1.33 bits per heavy atom. The number of hydrogen-bond donors (Lipinski definition) is 1. The molecular weight excluding hydrogens is 252 g/mol. The first-order chi connectivity index (χ1) is 8.51. The molecule has 1 heterocycles. The minimum Gasteiger partial charge on any atom is -0.381 e. The Bertz CT molecular complexity index is 326. The fraction of sp³-hybridized carbons (Fsp3) is 1.00. The molecule has 1 unspecified atom stereocenters. The van der Waals surface area contributed by atoms with Crippen LogP contribution < -0.4 is 5.73 Å². The van der Waals surface area contributed by atoms with E-state index in [4.69, 9.17) is 10.5 Å². The average molecular weight is 278 g/mol. The van der Waals surface area contributed by atoms with Crippen molar-refractivity contribution in [1.29, 1.82) is 0 Å². The zero-order valence-corrected chi connectivity index (χ0v) is 12.3. The molecule has 1 aliphatic heterocycles.